The molecule has 0 aliphatic heterocycles. The lowest BCUT2D eigenvalue weighted by atomic mass is 9.97. The molecule has 1 aliphatic rings. The summed E-state index contributed by atoms with van der Waals surface area (Å²) in [6, 6.07) is 1.84. The predicted octanol–water partition coefficient (Wildman–Crippen LogP) is 2.04. The standard InChI is InChI=1S/C11H16IN3O.ClH/c12-8-5-9(14-6-8)10(16)15-11(7-13)3-1-2-4-11;/h5-6,14H,1-4,7,13H2,(H,15,16);1H. The molecule has 1 amide bonds. The number of carbonyl (C=O) groups is 1. The van der Waals surface area contributed by atoms with Gasteiger partial charge >= 0.3 is 0 Å². The Bertz CT molecular complexity index is 388. The predicted molar refractivity (Wildman–Crippen MR) is 78.5 cm³/mol. The van der Waals surface area contributed by atoms with Gasteiger partial charge < -0.3 is 16.0 Å². The van der Waals surface area contributed by atoms with Crippen molar-refractivity contribution in [3.63, 3.8) is 0 Å². The Morgan fingerprint density at radius 2 is 2.18 bits per heavy atom. The van der Waals surface area contributed by atoms with Gasteiger partial charge in [0, 0.05) is 16.3 Å². The fourth-order valence-electron chi connectivity index (χ4n) is 2.24. The highest BCUT2D eigenvalue weighted by molar-refractivity contribution is 14.1. The summed E-state index contributed by atoms with van der Waals surface area (Å²) in [6.45, 7) is 0.524. The van der Waals surface area contributed by atoms with Crippen LogP contribution in [0.2, 0.25) is 0 Å². The van der Waals surface area contributed by atoms with E-state index in [0.29, 0.717) is 12.2 Å². The molecule has 1 aromatic heterocycles. The number of nitrogens with two attached hydrogens (primary N) is 1. The molecular weight excluding hydrogens is 352 g/mol. The maximum atomic E-state index is 12.0. The molecule has 1 heterocycles. The number of aromatic amines is 1. The summed E-state index contributed by atoms with van der Waals surface area (Å²) in [5, 5.41) is 3.07. The first-order valence-electron chi connectivity index (χ1n) is 5.52. The van der Waals surface area contributed by atoms with Gasteiger partial charge in [-0.2, -0.15) is 0 Å². The van der Waals surface area contributed by atoms with Crippen LogP contribution in [0.5, 0.6) is 0 Å². The highest BCUT2D eigenvalue weighted by atomic mass is 127. The van der Waals surface area contributed by atoms with Crippen LogP contribution in [0.15, 0.2) is 12.3 Å². The maximum absolute atomic E-state index is 12.0. The van der Waals surface area contributed by atoms with Crippen LogP contribution in [0.1, 0.15) is 36.2 Å². The molecular formula is C11H17ClIN3O. The molecule has 0 unspecified atom stereocenters. The molecule has 0 saturated heterocycles. The molecule has 0 spiro atoms. The molecule has 0 atom stereocenters. The molecule has 1 fully saturated rings. The van der Waals surface area contributed by atoms with E-state index in [4.69, 9.17) is 5.73 Å². The molecule has 0 aromatic carbocycles. The van der Waals surface area contributed by atoms with Crippen molar-refractivity contribution in [1.29, 1.82) is 0 Å². The highest BCUT2D eigenvalue weighted by Crippen LogP contribution is 2.28. The first kappa shape index (κ1) is 14.8. The fourth-order valence-corrected chi connectivity index (χ4v) is 2.71. The number of rotatable bonds is 3. The third kappa shape index (κ3) is 3.35. The Labute approximate surface area is 121 Å². The van der Waals surface area contributed by atoms with Gasteiger partial charge in [-0.3, -0.25) is 4.79 Å². The van der Waals surface area contributed by atoms with Gasteiger partial charge in [-0.25, -0.2) is 0 Å². The van der Waals surface area contributed by atoms with Crippen molar-refractivity contribution >= 4 is 40.9 Å². The van der Waals surface area contributed by atoms with Gasteiger partial charge in [-0.05, 0) is 41.5 Å². The van der Waals surface area contributed by atoms with E-state index in [1.54, 1.807) is 0 Å². The second-order valence-electron chi connectivity index (χ2n) is 4.38. The number of hydrogen-bond donors (Lipinski definition) is 3. The number of nitrogens with one attached hydrogen (secondary N) is 2. The van der Waals surface area contributed by atoms with E-state index < -0.39 is 0 Å². The van der Waals surface area contributed by atoms with Crippen LogP contribution in [-0.2, 0) is 0 Å². The molecule has 6 heteroatoms. The number of H-pyrrole nitrogens is 1. The molecule has 96 valence electrons. The van der Waals surface area contributed by atoms with Crippen molar-refractivity contribution < 1.29 is 4.79 Å². The quantitative estimate of drug-likeness (QED) is 0.714. The van der Waals surface area contributed by atoms with Crippen LogP contribution in [0.3, 0.4) is 0 Å². The average molecular weight is 370 g/mol. The largest absolute Gasteiger partial charge is 0.356 e. The number of hydrogen-bond acceptors (Lipinski definition) is 2. The minimum Gasteiger partial charge on any atom is -0.356 e. The fraction of sp³-hybridized carbons (Fsp3) is 0.545. The van der Waals surface area contributed by atoms with Crippen molar-refractivity contribution in [1.82, 2.24) is 10.3 Å². The van der Waals surface area contributed by atoms with Crippen LogP contribution >= 0.6 is 35.0 Å². The van der Waals surface area contributed by atoms with E-state index in [-0.39, 0.29) is 23.9 Å². The highest BCUT2D eigenvalue weighted by Gasteiger charge is 2.34. The molecule has 0 bridgehead atoms. The van der Waals surface area contributed by atoms with Gasteiger partial charge in [-0.1, -0.05) is 12.8 Å². The summed E-state index contributed by atoms with van der Waals surface area (Å²) in [7, 11) is 0. The third-order valence-electron chi connectivity index (χ3n) is 3.22. The first-order chi connectivity index (χ1) is 7.65. The van der Waals surface area contributed by atoms with E-state index in [1.165, 1.54) is 0 Å². The maximum Gasteiger partial charge on any atom is 0.268 e. The minimum atomic E-state index is -0.173. The van der Waals surface area contributed by atoms with Crippen LogP contribution < -0.4 is 11.1 Å². The summed E-state index contributed by atoms with van der Waals surface area (Å²) >= 11 is 2.18. The smallest absolute Gasteiger partial charge is 0.268 e. The van der Waals surface area contributed by atoms with Gasteiger partial charge in [0.25, 0.3) is 5.91 Å². The molecule has 0 radical (unpaired) electrons. The zero-order valence-electron chi connectivity index (χ0n) is 9.46. The monoisotopic (exact) mass is 369 g/mol. The molecule has 1 aromatic rings. The van der Waals surface area contributed by atoms with Gasteiger partial charge in [0.15, 0.2) is 0 Å². The van der Waals surface area contributed by atoms with Gasteiger partial charge in [0.2, 0.25) is 0 Å². The molecule has 2 rings (SSSR count). The lowest BCUT2D eigenvalue weighted by Gasteiger charge is -2.28. The minimum absolute atomic E-state index is 0. The van der Waals surface area contributed by atoms with E-state index in [0.717, 1.165) is 29.3 Å². The topological polar surface area (TPSA) is 70.9 Å². The van der Waals surface area contributed by atoms with Crippen molar-refractivity contribution in [3.05, 3.63) is 21.5 Å². The SMILES string of the molecule is Cl.NCC1(NC(=O)c2cc(I)c[nH]2)CCCC1. The van der Waals surface area contributed by atoms with E-state index in [1.807, 2.05) is 12.3 Å². The molecule has 17 heavy (non-hydrogen) atoms. The second-order valence-corrected chi connectivity index (χ2v) is 5.62. The Balaban J connectivity index is 0.00000144. The van der Waals surface area contributed by atoms with E-state index in [2.05, 4.69) is 32.9 Å². The Hall–Kier alpha value is -0.270. The Morgan fingerprint density at radius 3 is 2.65 bits per heavy atom. The van der Waals surface area contributed by atoms with E-state index in [9.17, 15) is 4.79 Å². The van der Waals surface area contributed by atoms with Crippen molar-refractivity contribution in [2.45, 2.75) is 31.2 Å². The van der Waals surface area contributed by atoms with Crippen LogP contribution in [0.4, 0.5) is 0 Å². The summed E-state index contributed by atoms with van der Waals surface area (Å²) < 4.78 is 1.04. The lowest BCUT2D eigenvalue weighted by molar-refractivity contribution is 0.0898. The number of carbonyl (C=O) groups excluding carboxylic acids is 1. The van der Waals surface area contributed by atoms with Crippen molar-refractivity contribution in [2.75, 3.05) is 6.54 Å². The molecule has 1 aliphatic carbocycles. The zero-order chi connectivity index (χ0) is 11.6. The van der Waals surface area contributed by atoms with Crippen molar-refractivity contribution in [3.8, 4) is 0 Å². The average Bonchev–Trinajstić information content (AvgIpc) is 2.88. The third-order valence-corrected chi connectivity index (χ3v) is 3.85. The summed E-state index contributed by atoms with van der Waals surface area (Å²) in [4.78, 5) is 14.9. The van der Waals surface area contributed by atoms with Crippen molar-refractivity contribution in [2.24, 2.45) is 5.73 Å². The first-order valence-corrected chi connectivity index (χ1v) is 6.60. The zero-order valence-corrected chi connectivity index (χ0v) is 12.4. The second kappa shape index (κ2) is 6.06. The van der Waals surface area contributed by atoms with Gasteiger partial charge in [0.05, 0.1) is 5.54 Å². The van der Waals surface area contributed by atoms with Crippen LogP contribution in [-0.4, -0.2) is 23.0 Å². The molecule has 1 saturated carbocycles. The number of amides is 1. The van der Waals surface area contributed by atoms with Gasteiger partial charge in [0.1, 0.15) is 5.69 Å². The van der Waals surface area contributed by atoms with Crippen LogP contribution in [0, 0.1) is 3.57 Å². The number of aromatic nitrogens is 1. The normalized spacial score (nSPS) is 17.5. The Morgan fingerprint density at radius 1 is 1.53 bits per heavy atom. The van der Waals surface area contributed by atoms with Gasteiger partial charge in [-0.15, -0.1) is 12.4 Å². The Kier molecular flexibility index (Phi) is 5.27. The molecule has 4 nitrogen and oxygen atoms in total. The summed E-state index contributed by atoms with van der Waals surface area (Å²) in [5.74, 6) is -0.0460. The lowest BCUT2D eigenvalue weighted by Crippen LogP contribution is -2.51. The van der Waals surface area contributed by atoms with Crippen LogP contribution in [0.25, 0.3) is 0 Å². The summed E-state index contributed by atoms with van der Waals surface area (Å²) in [5.41, 5.74) is 6.22. The summed E-state index contributed by atoms with van der Waals surface area (Å²) in [6.07, 6.45) is 6.11. The van der Waals surface area contributed by atoms with E-state index >= 15 is 0 Å². The number of halogens is 2. The molecule has 4 N–H and O–H groups in total.